The van der Waals surface area contributed by atoms with E-state index in [4.69, 9.17) is 0 Å². The van der Waals surface area contributed by atoms with E-state index in [2.05, 4.69) is 9.97 Å². The third-order valence-electron chi connectivity index (χ3n) is 4.92. The van der Waals surface area contributed by atoms with Gasteiger partial charge >= 0.3 is 6.18 Å². The van der Waals surface area contributed by atoms with E-state index in [1.54, 1.807) is 35.1 Å². The third kappa shape index (κ3) is 4.16. The molecule has 158 valence electrons. The van der Waals surface area contributed by atoms with Gasteiger partial charge in [0.05, 0.1) is 11.3 Å². The number of alkyl halides is 3. The third-order valence-corrected chi connectivity index (χ3v) is 4.92. The first kappa shape index (κ1) is 20.6. The number of carbonyl (C=O) groups excluding carboxylic acids is 1. The first-order chi connectivity index (χ1) is 14.7. The summed E-state index contributed by atoms with van der Waals surface area (Å²) in [5.74, 6) is -3.74. The zero-order chi connectivity index (χ0) is 22.2. The Bertz CT molecular complexity index is 1270. The van der Waals surface area contributed by atoms with Crippen LogP contribution in [0.3, 0.4) is 0 Å². The van der Waals surface area contributed by atoms with Crippen molar-refractivity contribution in [2.75, 3.05) is 0 Å². The molecule has 0 fully saturated rings. The topological polar surface area (TPSA) is 47.3 Å². The molecule has 4 aromatic rings. The van der Waals surface area contributed by atoms with E-state index < -0.39 is 35.1 Å². The summed E-state index contributed by atoms with van der Waals surface area (Å²) in [6, 6.07) is 7.94. The summed E-state index contributed by atoms with van der Waals surface area (Å²) in [6.07, 6.45) is 0.856. The number of carbonyl (C=O) groups is 1. The molecular weight excluding hydrogens is 417 g/mol. The van der Waals surface area contributed by atoms with Gasteiger partial charge in [-0.2, -0.15) is 13.2 Å². The molecule has 31 heavy (non-hydrogen) atoms. The van der Waals surface area contributed by atoms with E-state index in [1.807, 2.05) is 0 Å². The molecule has 0 radical (unpaired) electrons. The number of rotatable bonds is 5. The lowest BCUT2D eigenvalue weighted by Crippen LogP contribution is -2.14. The molecule has 1 aromatic carbocycles. The van der Waals surface area contributed by atoms with Crippen molar-refractivity contribution in [2.45, 2.75) is 18.5 Å². The SMILES string of the molecule is O=C(C[C@@H](c1ccc(C(F)(F)F)c(F)c1)c1ncccc1F)c1ccc2nccn2c1. The molecule has 0 unspecified atom stereocenters. The Morgan fingerprint density at radius 1 is 1.00 bits per heavy atom. The Labute approximate surface area is 173 Å². The monoisotopic (exact) mass is 431 g/mol. The molecule has 3 heterocycles. The highest BCUT2D eigenvalue weighted by Crippen LogP contribution is 2.35. The second kappa shape index (κ2) is 7.90. The molecule has 0 aliphatic heterocycles. The summed E-state index contributed by atoms with van der Waals surface area (Å²) in [4.78, 5) is 21.0. The lowest BCUT2D eigenvalue weighted by Gasteiger charge is -2.18. The first-order valence-corrected chi connectivity index (χ1v) is 9.17. The Hall–Kier alpha value is -3.62. The Balaban J connectivity index is 1.74. The van der Waals surface area contributed by atoms with Gasteiger partial charge in [-0.15, -0.1) is 0 Å². The molecule has 1 atom stereocenters. The van der Waals surface area contributed by atoms with Crippen LogP contribution in [0.25, 0.3) is 5.65 Å². The number of Topliss-reactive ketones (excluding diaryl/α,β-unsaturated/α-hetero) is 1. The number of imidazole rings is 1. The predicted molar refractivity (Wildman–Crippen MR) is 102 cm³/mol. The van der Waals surface area contributed by atoms with Crippen molar-refractivity contribution >= 4 is 11.4 Å². The maximum atomic E-state index is 14.5. The molecular formula is C22H14F5N3O. The molecule has 0 saturated heterocycles. The highest BCUT2D eigenvalue weighted by atomic mass is 19.4. The predicted octanol–water partition coefficient (Wildman–Crippen LogP) is 5.43. The number of benzene rings is 1. The number of pyridine rings is 2. The van der Waals surface area contributed by atoms with Crippen molar-refractivity contribution in [1.82, 2.24) is 14.4 Å². The normalized spacial score (nSPS) is 12.8. The van der Waals surface area contributed by atoms with Gasteiger partial charge in [-0.3, -0.25) is 9.78 Å². The zero-order valence-electron chi connectivity index (χ0n) is 15.8. The van der Waals surface area contributed by atoms with Crippen molar-refractivity contribution in [1.29, 1.82) is 0 Å². The molecule has 4 nitrogen and oxygen atoms in total. The number of nitrogens with zero attached hydrogens (tertiary/aromatic N) is 3. The molecule has 0 aliphatic carbocycles. The van der Waals surface area contributed by atoms with Gasteiger partial charge in [0, 0.05) is 42.7 Å². The van der Waals surface area contributed by atoms with Crippen LogP contribution in [-0.2, 0) is 6.18 Å². The average Bonchev–Trinajstić information content (AvgIpc) is 3.19. The maximum Gasteiger partial charge on any atom is 0.419 e. The number of hydrogen-bond donors (Lipinski definition) is 0. The molecule has 0 aliphatic rings. The first-order valence-electron chi connectivity index (χ1n) is 9.17. The van der Waals surface area contributed by atoms with E-state index in [0.717, 1.165) is 12.1 Å². The average molecular weight is 431 g/mol. The van der Waals surface area contributed by atoms with Crippen molar-refractivity contribution < 1.29 is 26.7 Å². The lowest BCUT2D eigenvalue weighted by molar-refractivity contribution is -0.140. The summed E-state index contributed by atoms with van der Waals surface area (Å²) in [6.45, 7) is 0. The molecule has 3 aromatic heterocycles. The van der Waals surface area contributed by atoms with E-state index in [0.29, 0.717) is 23.3 Å². The van der Waals surface area contributed by atoms with Gasteiger partial charge in [0.25, 0.3) is 0 Å². The summed E-state index contributed by atoms with van der Waals surface area (Å²) >= 11 is 0. The number of aromatic nitrogens is 3. The molecule has 0 N–H and O–H groups in total. The summed E-state index contributed by atoms with van der Waals surface area (Å²) in [5.41, 5.74) is -0.667. The molecule has 4 rings (SSSR count). The van der Waals surface area contributed by atoms with E-state index in [9.17, 15) is 26.7 Å². The summed E-state index contributed by atoms with van der Waals surface area (Å²) < 4.78 is 69.1. The van der Waals surface area contributed by atoms with Gasteiger partial charge in [0.15, 0.2) is 5.78 Å². The standard InChI is InChI=1S/C22H14F5N3O/c23-17-2-1-7-29-21(17)15(13-3-5-16(18(24)10-13)22(25,26)27)11-19(31)14-4-6-20-28-8-9-30(20)12-14/h1-10,12,15H,11H2/t15-/m0/s1. The second-order valence-electron chi connectivity index (χ2n) is 6.90. The van der Waals surface area contributed by atoms with Crippen LogP contribution in [-0.4, -0.2) is 20.2 Å². The largest absolute Gasteiger partial charge is 0.419 e. The number of ketones is 1. The summed E-state index contributed by atoms with van der Waals surface area (Å²) in [7, 11) is 0. The zero-order valence-corrected chi connectivity index (χ0v) is 15.8. The fourth-order valence-corrected chi connectivity index (χ4v) is 3.39. The minimum absolute atomic E-state index is 0.0140. The smallest absolute Gasteiger partial charge is 0.306 e. The van der Waals surface area contributed by atoms with Crippen LogP contribution < -0.4 is 0 Å². The van der Waals surface area contributed by atoms with Crippen molar-refractivity contribution in [3.05, 3.63) is 101 Å². The molecule has 0 amide bonds. The van der Waals surface area contributed by atoms with E-state index >= 15 is 0 Å². The van der Waals surface area contributed by atoms with Crippen LogP contribution in [0, 0.1) is 11.6 Å². The quantitative estimate of drug-likeness (QED) is 0.313. The van der Waals surface area contributed by atoms with Crippen LogP contribution in [0.5, 0.6) is 0 Å². The van der Waals surface area contributed by atoms with Gasteiger partial charge in [0.1, 0.15) is 17.3 Å². The van der Waals surface area contributed by atoms with E-state index in [-0.39, 0.29) is 17.7 Å². The van der Waals surface area contributed by atoms with Gasteiger partial charge in [-0.25, -0.2) is 13.8 Å². The fraction of sp³-hybridized carbons (Fsp3) is 0.136. The van der Waals surface area contributed by atoms with Crippen LogP contribution in [0.4, 0.5) is 22.0 Å². The van der Waals surface area contributed by atoms with Crippen molar-refractivity contribution in [3.63, 3.8) is 0 Å². The molecule has 0 bridgehead atoms. The van der Waals surface area contributed by atoms with Crippen LogP contribution in [0.15, 0.2) is 67.3 Å². The van der Waals surface area contributed by atoms with Gasteiger partial charge in [-0.1, -0.05) is 6.07 Å². The number of hydrogen-bond acceptors (Lipinski definition) is 3. The lowest BCUT2D eigenvalue weighted by atomic mass is 9.88. The summed E-state index contributed by atoms with van der Waals surface area (Å²) in [5, 5.41) is 0. The minimum atomic E-state index is -4.87. The fourth-order valence-electron chi connectivity index (χ4n) is 3.39. The highest BCUT2D eigenvalue weighted by Gasteiger charge is 2.35. The maximum absolute atomic E-state index is 14.5. The number of fused-ring (bicyclic) bond motifs is 1. The van der Waals surface area contributed by atoms with Crippen LogP contribution in [0.1, 0.15) is 39.5 Å². The van der Waals surface area contributed by atoms with Crippen molar-refractivity contribution in [2.24, 2.45) is 0 Å². The van der Waals surface area contributed by atoms with Crippen LogP contribution >= 0.6 is 0 Å². The Morgan fingerprint density at radius 3 is 2.52 bits per heavy atom. The molecule has 0 saturated carbocycles. The molecule has 9 heteroatoms. The minimum Gasteiger partial charge on any atom is -0.306 e. The highest BCUT2D eigenvalue weighted by molar-refractivity contribution is 5.96. The van der Waals surface area contributed by atoms with Gasteiger partial charge in [0.2, 0.25) is 0 Å². The Kier molecular flexibility index (Phi) is 5.26. The Morgan fingerprint density at radius 2 is 1.81 bits per heavy atom. The number of halogens is 5. The van der Waals surface area contributed by atoms with Crippen LogP contribution in [0.2, 0.25) is 0 Å². The van der Waals surface area contributed by atoms with Gasteiger partial charge < -0.3 is 4.40 Å². The molecule has 0 spiro atoms. The van der Waals surface area contributed by atoms with Crippen molar-refractivity contribution in [3.8, 4) is 0 Å². The van der Waals surface area contributed by atoms with E-state index in [1.165, 1.54) is 12.3 Å². The second-order valence-corrected chi connectivity index (χ2v) is 6.90. The van der Waals surface area contributed by atoms with Gasteiger partial charge in [-0.05, 0) is 42.0 Å².